The maximum absolute atomic E-state index is 11.2. The summed E-state index contributed by atoms with van der Waals surface area (Å²) in [5, 5.41) is 0. The van der Waals surface area contributed by atoms with Gasteiger partial charge in [-0.3, -0.25) is 4.79 Å². The molecule has 1 rings (SSSR count). The molecule has 1 aliphatic rings. The Hall–Kier alpha value is -0.530. The Morgan fingerprint density at radius 1 is 0.600 bits per heavy atom. The maximum atomic E-state index is 11.2. The third-order valence-corrected chi connectivity index (χ3v) is 5.73. The van der Waals surface area contributed by atoms with Crippen LogP contribution in [-0.2, 0) is 4.79 Å². The van der Waals surface area contributed by atoms with Gasteiger partial charge in [0.05, 0.1) is 0 Å². The summed E-state index contributed by atoms with van der Waals surface area (Å²) in [6, 6.07) is 0. The summed E-state index contributed by atoms with van der Waals surface area (Å²) >= 11 is 0. The Morgan fingerprint density at radius 3 is 1.24 bits per heavy atom. The highest BCUT2D eigenvalue weighted by Crippen LogP contribution is 2.15. The van der Waals surface area contributed by atoms with Crippen molar-refractivity contribution in [3.63, 3.8) is 0 Å². The highest BCUT2D eigenvalue weighted by Gasteiger charge is 2.22. The van der Waals surface area contributed by atoms with Crippen LogP contribution in [0.4, 0.5) is 0 Å². The molecule has 0 saturated carbocycles. The molecule has 1 saturated heterocycles. The first-order chi connectivity index (χ1) is 12.3. The van der Waals surface area contributed by atoms with Crippen molar-refractivity contribution in [2.75, 3.05) is 13.1 Å². The van der Waals surface area contributed by atoms with Gasteiger partial charge in [0.2, 0.25) is 5.91 Å². The Labute approximate surface area is 158 Å². The van der Waals surface area contributed by atoms with E-state index in [-0.39, 0.29) is 0 Å². The van der Waals surface area contributed by atoms with Crippen LogP contribution in [0.5, 0.6) is 0 Å². The SMILES string of the molecule is CCCCCCCCCCCCCCCCCCCCN1CCC1=O. The minimum atomic E-state index is 0.368. The van der Waals surface area contributed by atoms with Gasteiger partial charge >= 0.3 is 0 Å². The topological polar surface area (TPSA) is 20.3 Å². The van der Waals surface area contributed by atoms with Gasteiger partial charge in [0.15, 0.2) is 0 Å². The van der Waals surface area contributed by atoms with Crippen molar-refractivity contribution in [1.29, 1.82) is 0 Å². The van der Waals surface area contributed by atoms with Gasteiger partial charge in [0.25, 0.3) is 0 Å². The van der Waals surface area contributed by atoms with E-state index in [0.717, 1.165) is 19.5 Å². The van der Waals surface area contributed by atoms with Gasteiger partial charge < -0.3 is 4.90 Å². The van der Waals surface area contributed by atoms with Crippen LogP contribution < -0.4 is 0 Å². The number of unbranched alkanes of at least 4 members (excludes halogenated alkanes) is 17. The molecule has 1 heterocycles. The van der Waals surface area contributed by atoms with Crippen LogP contribution in [0.15, 0.2) is 0 Å². The van der Waals surface area contributed by atoms with Crippen LogP contribution >= 0.6 is 0 Å². The number of carbonyl (C=O) groups is 1. The van der Waals surface area contributed by atoms with E-state index in [1.165, 1.54) is 116 Å². The Morgan fingerprint density at radius 2 is 0.960 bits per heavy atom. The fourth-order valence-corrected chi connectivity index (χ4v) is 3.80. The first kappa shape index (κ1) is 22.5. The molecule has 0 atom stereocenters. The van der Waals surface area contributed by atoms with Gasteiger partial charge in [-0.1, -0.05) is 116 Å². The predicted octanol–water partition coefficient (Wildman–Crippen LogP) is 7.26. The molecule has 1 amide bonds. The van der Waals surface area contributed by atoms with Gasteiger partial charge in [-0.05, 0) is 6.42 Å². The van der Waals surface area contributed by atoms with Crippen LogP contribution in [0.25, 0.3) is 0 Å². The molecule has 1 aliphatic heterocycles. The molecular weight excluding hydrogens is 306 g/mol. The first-order valence-corrected chi connectivity index (χ1v) is 11.6. The van der Waals surface area contributed by atoms with Gasteiger partial charge in [-0.25, -0.2) is 0 Å². The summed E-state index contributed by atoms with van der Waals surface area (Å²) in [7, 11) is 0. The lowest BCUT2D eigenvalue weighted by molar-refractivity contribution is -0.139. The smallest absolute Gasteiger partial charge is 0.224 e. The molecule has 0 aliphatic carbocycles. The molecule has 0 aromatic carbocycles. The fourth-order valence-electron chi connectivity index (χ4n) is 3.80. The zero-order chi connectivity index (χ0) is 18.0. The average molecular weight is 352 g/mol. The molecule has 0 N–H and O–H groups in total. The van der Waals surface area contributed by atoms with E-state index in [2.05, 4.69) is 6.92 Å². The molecule has 148 valence electrons. The van der Waals surface area contributed by atoms with Crippen molar-refractivity contribution in [3.8, 4) is 0 Å². The first-order valence-electron chi connectivity index (χ1n) is 11.6. The normalized spacial score (nSPS) is 14.1. The molecule has 2 nitrogen and oxygen atoms in total. The Bertz CT molecular complexity index is 302. The largest absolute Gasteiger partial charge is 0.342 e. The van der Waals surface area contributed by atoms with E-state index >= 15 is 0 Å². The average Bonchev–Trinajstić information content (AvgIpc) is 2.62. The number of rotatable bonds is 19. The number of likely N-dealkylation sites (tertiary alicyclic amines) is 1. The molecule has 0 spiro atoms. The molecule has 0 aromatic rings. The molecule has 0 unspecified atom stereocenters. The van der Waals surface area contributed by atoms with Crippen LogP contribution in [0.1, 0.15) is 129 Å². The molecule has 0 aromatic heterocycles. The third-order valence-electron chi connectivity index (χ3n) is 5.73. The molecular formula is C23H45NO. The summed E-state index contributed by atoms with van der Waals surface area (Å²) in [5.41, 5.74) is 0. The number of nitrogens with zero attached hydrogens (tertiary/aromatic N) is 1. The summed E-state index contributed by atoms with van der Waals surface area (Å²) in [6.07, 6.45) is 26.3. The second kappa shape index (κ2) is 16.9. The Kier molecular flexibility index (Phi) is 15.2. The van der Waals surface area contributed by atoms with Gasteiger partial charge in [0, 0.05) is 19.5 Å². The molecule has 25 heavy (non-hydrogen) atoms. The van der Waals surface area contributed by atoms with Gasteiger partial charge in [-0.2, -0.15) is 0 Å². The molecule has 1 fully saturated rings. The maximum Gasteiger partial charge on any atom is 0.224 e. The predicted molar refractivity (Wildman–Crippen MR) is 110 cm³/mol. The number of hydrogen-bond acceptors (Lipinski definition) is 1. The van der Waals surface area contributed by atoms with Gasteiger partial charge in [-0.15, -0.1) is 0 Å². The lowest BCUT2D eigenvalue weighted by atomic mass is 10.0. The highest BCUT2D eigenvalue weighted by molar-refractivity contribution is 5.81. The monoisotopic (exact) mass is 351 g/mol. The highest BCUT2D eigenvalue weighted by atomic mass is 16.2. The van der Waals surface area contributed by atoms with Crippen LogP contribution in [0, 0.1) is 0 Å². The second-order valence-electron chi connectivity index (χ2n) is 8.14. The zero-order valence-corrected chi connectivity index (χ0v) is 17.2. The molecule has 0 radical (unpaired) electrons. The van der Waals surface area contributed by atoms with Gasteiger partial charge in [0.1, 0.15) is 0 Å². The van der Waals surface area contributed by atoms with Crippen LogP contribution in [-0.4, -0.2) is 23.9 Å². The minimum Gasteiger partial charge on any atom is -0.342 e. The standard InChI is InChI=1S/C23H45NO/c1-2-3-4-5-6-7-8-9-10-11-12-13-14-15-16-17-18-19-21-24-22-20-23(24)25/h2-22H2,1H3. The van der Waals surface area contributed by atoms with E-state index in [1.54, 1.807) is 0 Å². The summed E-state index contributed by atoms with van der Waals surface area (Å²) in [4.78, 5) is 13.2. The Balaban J connectivity index is 1.63. The number of carbonyl (C=O) groups excluding carboxylic acids is 1. The van der Waals surface area contributed by atoms with Crippen LogP contribution in [0.3, 0.4) is 0 Å². The fraction of sp³-hybridized carbons (Fsp3) is 0.957. The summed E-state index contributed by atoms with van der Waals surface area (Å²) in [6.45, 7) is 4.31. The number of amides is 1. The summed E-state index contributed by atoms with van der Waals surface area (Å²) < 4.78 is 0. The second-order valence-corrected chi connectivity index (χ2v) is 8.14. The van der Waals surface area contributed by atoms with E-state index < -0.39 is 0 Å². The van der Waals surface area contributed by atoms with Crippen molar-refractivity contribution in [2.24, 2.45) is 0 Å². The summed E-state index contributed by atoms with van der Waals surface area (Å²) in [5.74, 6) is 0.368. The van der Waals surface area contributed by atoms with Crippen molar-refractivity contribution in [3.05, 3.63) is 0 Å². The lowest BCUT2D eigenvalue weighted by Crippen LogP contribution is -2.43. The zero-order valence-electron chi connectivity index (χ0n) is 17.2. The lowest BCUT2D eigenvalue weighted by Gasteiger charge is -2.30. The van der Waals surface area contributed by atoms with E-state index in [9.17, 15) is 4.79 Å². The van der Waals surface area contributed by atoms with Crippen molar-refractivity contribution in [1.82, 2.24) is 4.90 Å². The minimum absolute atomic E-state index is 0.368. The quantitative estimate of drug-likeness (QED) is 0.177. The van der Waals surface area contributed by atoms with Crippen molar-refractivity contribution >= 4 is 5.91 Å². The van der Waals surface area contributed by atoms with E-state index in [0.29, 0.717) is 5.91 Å². The number of β-lactam (4-membered cyclic amide) rings is 1. The van der Waals surface area contributed by atoms with E-state index in [4.69, 9.17) is 0 Å². The number of hydrogen-bond donors (Lipinski definition) is 0. The molecule has 0 bridgehead atoms. The van der Waals surface area contributed by atoms with Crippen LogP contribution in [0.2, 0.25) is 0 Å². The van der Waals surface area contributed by atoms with Crippen molar-refractivity contribution < 1.29 is 4.79 Å². The third kappa shape index (κ3) is 13.3. The molecule has 2 heteroatoms. The van der Waals surface area contributed by atoms with Crippen molar-refractivity contribution in [2.45, 2.75) is 129 Å². The van der Waals surface area contributed by atoms with E-state index in [1.807, 2.05) is 4.90 Å².